The number of benzene rings is 6. The van der Waals surface area contributed by atoms with Crippen LogP contribution in [0.4, 0.5) is 0 Å². The lowest BCUT2D eigenvalue weighted by molar-refractivity contribution is 0.673. The molecule has 0 N–H and O–H groups in total. The van der Waals surface area contributed by atoms with E-state index in [1.165, 1.54) is 0 Å². The van der Waals surface area contributed by atoms with Crippen LogP contribution in [0.15, 0.2) is 168 Å². The van der Waals surface area contributed by atoms with Crippen LogP contribution in [0.25, 0.3) is 111 Å². The number of para-hydroxylation sites is 2. The average Bonchev–Trinajstić information content (AvgIpc) is 3.62. The van der Waals surface area contributed by atoms with Crippen LogP contribution in [-0.4, -0.2) is 24.9 Å². The third kappa shape index (κ3) is 4.77. The smallest absolute Gasteiger partial charge is 0.178 e. The standard InChI is InChI=1S/C47H27N5O/c1-2-8-28(9-3-1)37-24-20-31-18-19-32-21-25-40(51-45(32)44(31)49-37)47-48-27-26-38(52-47)29-14-16-30(17-15-29)43-36-23-22-34-33-10-5-7-13-41(33)53-46(34)42(36)35-11-4-6-12-39(35)50-43/h1-27H. The monoisotopic (exact) mass is 677 g/mol. The summed E-state index contributed by atoms with van der Waals surface area (Å²) < 4.78 is 6.51. The van der Waals surface area contributed by atoms with Crippen molar-refractivity contribution in [3.8, 4) is 45.3 Å². The number of pyridine rings is 3. The SMILES string of the molecule is c1ccc(-c2ccc3ccc4ccc(-c5nccc(-c6ccc(-c7nc8ccccc8c8c7ccc7c9ccccc9oc78)cc6)n5)nc4c3n2)cc1. The molecule has 6 heteroatoms. The van der Waals surface area contributed by atoms with E-state index in [1.807, 2.05) is 48.5 Å². The lowest BCUT2D eigenvalue weighted by Crippen LogP contribution is -1.95. The van der Waals surface area contributed by atoms with Crippen LogP contribution >= 0.6 is 0 Å². The van der Waals surface area contributed by atoms with Gasteiger partial charge < -0.3 is 4.42 Å². The zero-order chi connectivity index (χ0) is 34.9. The average molecular weight is 678 g/mol. The van der Waals surface area contributed by atoms with Gasteiger partial charge in [-0.2, -0.15) is 0 Å². The van der Waals surface area contributed by atoms with E-state index in [4.69, 9.17) is 24.4 Å². The molecular formula is C47H27N5O. The van der Waals surface area contributed by atoms with E-state index >= 15 is 0 Å². The largest absolute Gasteiger partial charge is 0.455 e. The van der Waals surface area contributed by atoms with Gasteiger partial charge in [0.15, 0.2) is 5.82 Å². The minimum atomic E-state index is 0.557. The van der Waals surface area contributed by atoms with Crippen molar-refractivity contribution in [1.82, 2.24) is 24.9 Å². The Hall–Kier alpha value is -7.31. The van der Waals surface area contributed by atoms with Crippen LogP contribution in [0.1, 0.15) is 0 Å². The van der Waals surface area contributed by atoms with Gasteiger partial charge in [-0.25, -0.2) is 24.9 Å². The minimum Gasteiger partial charge on any atom is -0.455 e. The van der Waals surface area contributed by atoms with Crippen molar-refractivity contribution >= 4 is 65.4 Å². The number of hydrogen-bond acceptors (Lipinski definition) is 6. The van der Waals surface area contributed by atoms with Gasteiger partial charge in [-0.1, -0.05) is 121 Å². The van der Waals surface area contributed by atoms with Gasteiger partial charge >= 0.3 is 0 Å². The Labute approximate surface area is 303 Å². The van der Waals surface area contributed by atoms with Crippen LogP contribution in [-0.2, 0) is 0 Å². The maximum atomic E-state index is 6.51. The van der Waals surface area contributed by atoms with Crippen molar-refractivity contribution < 1.29 is 4.42 Å². The van der Waals surface area contributed by atoms with E-state index < -0.39 is 0 Å². The molecular weight excluding hydrogens is 651 g/mol. The number of hydrogen-bond donors (Lipinski definition) is 0. The summed E-state index contributed by atoms with van der Waals surface area (Å²) in [5.74, 6) is 0.557. The van der Waals surface area contributed by atoms with E-state index in [0.717, 1.165) is 99.2 Å². The van der Waals surface area contributed by atoms with Gasteiger partial charge in [-0.3, -0.25) is 0 Å². The molecule has 6 nitrogen and oxygen atoms in total. The van der Waals surface area contributed by atoms with Crippen LogP contribution in [0.5, 0.6) is 0 Å². The van der Waals surface area contributed by atoms with Crippen molar-refractivity contribution in [2.24, 2.45) is 0 Å². The highest BCUT2D eigenvalue weighted by atomic mass is 16.3. The Bertz CT molecular complexity index is 3230. The summed E-state index contributed by atoms with van der Waals surface area (Å²) in [7, 11) is 0. The molecule has 0 atom stereocenters. The minimum absolute atomic E-state index is 0.557. The first-order valence-corrected chi connectivity index (χ1v) is 17.6. The fourth-order valence-corrected chi connectivity index (χ4v) is 7.54. The first kappa shape index (κ1) is 29.4. The van der Waals surface area contributed by atoms with Gasteiger partial charge in [0.25, 0.3) is 0 Å². The summed E-state index contributed by atoms with van der Waals surface area (Å²) >= 11 is 0. The van der Waals surface area contributed by atoms with E-state index in [0.29, 0.717) is 11.5 Å². The molecule has 5 heterocycles. The number of nitrogens with zero attached hydrogens (tertiary/aromatic N) is 5. The Morgan fingerprint density at radius 2 is 1.02 bits per heavy atom. The predicted molar refractivity (Wildman–Crippen MR) is 214 cm³/mol. The molecule has 0 aliphatic carbocycles. The Morgan fingerprint density at radius 3 is 1.85 bits per heavy atom. The second-order valence-electron chi connectivity index (χ2n) is 13.3. The normalized spacial score (nSPS) is 11.8. The molecule has 0 bridgehead atoms. The van der Waals surface area contributed by atoms with Crippen LogP contribution in [0, 0.1) is 0 Å². The van der Waals surface area contributed by atoms with Crippen molar-refractivity contribution in [1.29, 1.82) is 0 Å². The van der Waals surface area contributed by atoms with Gasteiger partial charge in [-0.05, 0) is 36.4 Å². The first-order valence-electron chi connectivity index (χ1n) is 17.6. The summed E-state index contributed by atoms with van der Waals surface area (Å²) in [5.41, 5.74) is 10.8. The second kappa shape index (κ2) is 11.6. The van der Waals surface area contributed by atoms with Crippen LogP contribution < -0.4 is 0 Å². The molecule has 0 fully saturated rings. The third-order valence-corrected chi connectivity index (χ3v) is 10.1. The Kier molecular flexibility index (Phi) is 6.45. The van der Waals surface area contributed by atoms with Crippen molar-refractivity contribution in [3.05, 3.63) is 164 Å². The highest BCUT2D eigenvalue weighted by molar-refractivity contribution is 6.24. The highest BCUT2D eigenvalue weighted by Crippen LogP contribution is 2.41. The molecule has 0 saturated carbocycles. The summed E-state index contributed by atoms with van der Waals surface area (Å²) in [5, 5.41) is 7.46. The quantitative estimate of drug-likeness (QED) is 0.173. The van der Waals surface area contributed by atoms with E-state index in [9.17, 15) is 0 Å². The molecule has 0 spiro atoms. The fraction of sp³-hybridized carbons (Fsp3) is 0. The molecule has 11 aromatic rings. The van der Waals surface area contributed by atoms with Crippen LogP contribution in [0.2, 0.25) is 0 Å². The maximum absolute atomic E-state index is 6.51. The van der Waals surface area contributed by atoms with Gasteiger partial charge in [-0.15, -0.1) is 0 Å². The molecule has 246 valence electrons. The van der Waals surface area contributed by atoms with E-state index in [1.54, 1.807) is 6.20 Å². The number of furan rings is 1. The topological polar surface area (TPSA) is 77.6 Å². The number of fused-ring (bicyclic) bond motifs is 10. The number of rotatable bonds is 4. The maximum Gasteiger partial charge on any atom is 0.178 e. The molecule has 0 aliphatic heterocycles. The van der Waals surface area contributed by atoms with Crippen molar-refractivity contribution in [3.63, 3.8) is 0 Å². The van der Waals surface area contributed by atoms with Crippen LogP contribution in [0.3, 0.4) is 0 Å². The molecule has 0 radical (unpaired) electrons. The van der Waals surface area contributed by atoms with Crippen molar-refractivity contribution in [2.45, 2.75) is 0 Å². The molecule has 0 aliphatic rings. The Morgan fingerprint density at radius 1 is 0.396 bits per heavy atom. The molecule has 53 heavy (non-hydrogen) atoms. The third-order valence-electron chi connectivity index (χ3n) is 10.1. The zero-order valence-corrected chi connectivity index (χ0v) is 28.2. The van der Waals surface area contributed by atoms with E-state index in [-0.39, 0.29) is 0 Å². The lowest BCUT2D eigenvalue weighted by atomic mass is 9.97. The number of aromatic nitrogens is 5. The first-order chi connectivity index (χ1) is 26.2. The van der Waals surface area contributed by atoms with Gasteiger partial charge in [0.2, 0.25) is 0 Å². The van der Waals surface area contributed by atoms with E-state index in [2.05, 4.69) is 114 Å². The second-order valence-corrected chi connectivity index (χ2v) is 13.3. The summed E-state index contributed by atoms with van der Waals surface area (Å²) in [6.07, 6.45) is 1.79. The van der Waals surface area contributed by atoms with Crippen molar-refractivity contribution in [2.75, 3.05) is 0 Å². The predicted octanol–water partition coefficient (Wildman–Crippen LogP) is 11.8. The van der Waals surface area contributed by atoms with Gasteiger partial charge in [0, 0.05) is 60.6 Å². The lowest BCUT2D eigenvalue weighted by Gasteiger charge is -2.11. The summed E-state index contributed by atoms with van der Waals surface area (Å²) in [6.45, 7) is 0. The summed E-state index contributed by atoms with van der Waals surface area (Å²) in [6, 6.07) is 53.8. The van der Waals surface area contributed by atoms with Gasteiger partial charge in [0.05, 0.1) is 33.6 Å². The molecule has 11 rings (SSSR count). The van der Waals surface area contributed by atoms with Gasteiger partial charge in [0.1, 0.15) is 16.9 Å². The molecule has 0 saturated heterocycles. The molecule has 0 unspecified atom stereocenters. The Balaban J connectivity index is 0.990. The molecule has 6 aromatic carbocycles. The highest BCUT2D eigenvalue weighted by Gasteiger charge is 2.18. The fourth-order valence-electron chi connectivity index (χ4n) is 7.54. The molecule has 0 amide bonds. The zero-order valence-electron chi connectivity index (χ0n) is 28.2. The summed E-state index contributed by atoms with van der Waals surface area (Å²) in [4.78, 5) is 24.9. The molecule has 5 aromatic heterocycles.